The molecule has 0 aliphatic rings. The maximum atomic E-state index is 13.4. The largest absolute Gasteiger partial charge is 0.416 e. The molecule has 0 atom stereocenters. The number of aromatic nitrogens is 4. The van der Waals surface area contributed by atoms with E-state index in [0.717, 1.165) is 29.1 Å². The van der Waals surface area contributed by atoms with Crippen LogP contribution >= 0.6 is 0 Å². The Morgan fingerprint density at radius 1 is 1.18 bits per heavy atom. The minimum absolute atomic E-state index is 0.0200. The van der Waals surface area contributed by atoms with Crippen molar-refractivity contribution in [3.05, 3.63) is 65.5 Å². The number of aryl methyl sites for hydroxylation is 1. The summed E-state index contributed by atoms with van der Waals surface area (Å²) >= 11 is 0. The lowest BCUT2D eigenvalue weighted by Crippen LogP contribution is -2.14. The summed E-state index contributed by atoms with van der Waals surface area (Å²) in [7, 11) is 0. The molecule has 6 nitrogen and oxygen atoms in total. The van der Waals surface area contributed by atoms with E-state index in [1.54, 1.807) is 0 Å². The SMILES string of the molecule is Cc1cc(-c2ncn(/C=C(\C(N)=O)c3cncc(F)c3)n2)cc(C(F)(F)F)c1. The second-order valence-corrected chi connectivity index (χ2v) is 5.93. The third-order valence-corrected chi connectivity index (χ3v) is 3.71. The molecule has 0 bridgehead atoms. The number of halogens is 4. The zero-order valence-electron chi connectivity index (χ0n) is 14.4. The smallest absolute Gasteiger partial charge is 0.366 e. The van der Waals surface area contributed by atoms with E-state index in [1.807, 2.05) is 0 Å². The van der Waals surface area contributed by atoms with Crippen LogP contribution in [0.15, 0.2) is 43.0 Å². The van der Waals surface area contributed by atoms with Gasteiger partial charge in [-0.1, -0.05) is 0 Å². The first-order valence-electron chi connectivity index (χ1n) is 7.86. The molecular weight excluding hydrogens is 378 g/mol. The highest BCUT2D eigenvalue weighted by atomic mass is 19.4. The maximum absolute atomic E-state index is 13.4. The van der Waals surface area contributed by atoms with Crippen molar-refractivity contribution in [2.45, 2.75) is 13.1 Å². The van der Waals surface area contributed by atoms with Crippen molar-refractivity contribution in [1.29, 1.82) is 0 Å². The number of pyridine rings is 1. The number of nitrogens with zero attached hydrogens (tertiary/aromatic N) is 4. The fourth-order valence-corrected chi connectivity index (χ4v) is 2.52. The summed E-state index contributed by atoms with van der Waals surface area (Å²) in [6.45, 7) is 1.53. The normalized spacial score (nSPS) is 12.2. The van der Waals surface area contributed by atoms with Gasteiger partial charge in [0.15, 0.2) is 5.82 Å². The van der Waals surface area contributed by atoms with E-state index >= 15 is 0 Å². The van der Waals surface area contributed by atoms with Crippen LogP contribution in [0, 0.1) is 12.7 Å². The number of rotatable bonds is 4. The van der Waals surface area contributed by atoms with Crippen molar-refractivity contribution in [3.63, 3.8) is 0 Å². The molecule has 1 amide bonds. The molecule has 1 aromatic carbocycles. The summed E-state index contributed by atoms with van der Waals surface area (Å²) in [4.78, 5) is 19.3. The van der Waals surface area contributed by atoms with Crippen molar-refractivity contribution in [1.82, 2.24) is 19.7 Å². The van der Waals surface area contributed by atoms with Gasteiger partial charge in [-0.05, 0) is 36.8 Å². The minimum atomic E-state index is -4.51. The Hall–Kier alpha value is -3.56. The maximum Gasteiger partial charge on any atom is 0.416 e. The van der Waals surface area contributed by atoms with Gasteiger partial charge in [-0.15, -0.1) is 5.10 Å². The van der Waals surface area contributed by atoms with Crippen molar-refractivity contribution >= 4 is 17.7 Å². The van der Waals surface area contributed by atoms with Crippen molar-refractivity contribution < 1.29 is 22.4 Å². The Morgan fingerprint density at radius 3 is 2.57 bits per heavy atom. The molecule has 2 aromatic heterocycles. The lowest BCUT2D eigenvalue weighted by Gasteiger charge is -2.09. The average Bonchev–Trinajstić information content (AvgIpc) is 3.07. The van der Waals surface area contributed by atoms with Crippen LogP contribution in [0.4, 0.5) is 17.6 Å². The van der Waals surface area contributed by atoms with Gasteiger partial charge in [-0.3, -0.25) is 9.78 Å². The number of carbonyl (C=O) groups is 1. The van der Waals surface area contributed by atoms with Gasteiger partial charge in [0.1, 0.15) is 12.1 Å². The zero-order valence-corrected chi connectivity index (χ0v) is 14.4. The van der Waals surface area contributed by atoms with Gasteiger partial charge in [-0.25, -0.2) is 14.1 Å². The third-order valence-electron chi connectivity index (χ3n) is 3.71. The van der Waals surface area contributed by atoms with Crippen LogP contribution in [-0.2, 0) is 11.0 Å². The molecule has 3 rings (SSSR count). The van der Waals surface area contributed by atoms with E-state index in [2.05, 4.69) is 15.1 Å². The fourth-order valence-electron chi connectivity index (χ4n) is 2.52. The first kappa shape index (κ1) is 19.2. The first-order chi connectivity index (χ1) is 13.1. The predicted molar refractivity (Wildman–Crippen MR) is 92.8 cm³/mol. The average molecular weight is 391 g/mol. The fraction of sp³-hybridized carbons (Fsp3) is 0.111. The van der Waals surface area contributed by atoms with Gasteiger partial charge in [0.2, 0.25) is 0 Å². The van der Waals surface area contributed by atoms with Crippen LogP contribution in [0.2, 0.25) is 0 Å². The highest BCUT2D eigenvalue weighted by Gasteiger charge is 2.31. The quantitative estimate of drug-likeness (QED) is 0.546. The monoisotopic (exact) mass is 391 g/mol. The molecule has 0 saturated carbocycles. The Balaban J connectivity index is 2.01. The van der Waals surface area contributed by atoms with E-state index in [1.165, 1.54) is 31.7 Å². The Bertz CT molecular complexity index is 1070. The molecule has 144 valence electrons. The summed E-state index contributed by atoms with van der Waals surface area (Å²) < 4.78 is 53.5. The summed E-state index contributed by atoms with van der Waals surface area (Å²) in [5.74, 6) is -1.51. The molecule has 2 N–H and O–H groups in total. The highest BCUT2D eigenvalue weighted by Crippen LogP contribution is 2.32. The van der Waals surface area contributed by atoms with Gasteiger partial charge in [-0.2, -0.15) is 13.2 Å². The third kappa shape index (κ3) is 4.22. The highest BCUT2D eigenvalue weighted by molar-refractivity contribution is 6.22. The van der Waals surface area contributed by atoms with Crippen LogP contribution in [0.3, 0.4) is 0 Å². The number of carbonyl (C=O) groups excluding carboxylic acids is 1. The standard InChI is InChI=1S/C18H13F4N5O/c1-10-2-11(4-13(3-10)18(20,21)22)17-25-9-27(26-17)8-15(16(23)28)12-5-14(19)7-24-6-12/h2-9H,1H3,(H2,23,28)/b15-8-. The second-order valence-electron chi connectivity index (χ2n) is 5.93. The Morgan fingerprint density at radius 2 is 1.93 bits per heavy atom. The Labute approximate surface area is 156 Å². The van der Waals surface area contributed by atoms with Crippen molar-refractivity contribution in [2.75, 3.05) is 0 Å². The first-order valence-corrected chi connectivity index (χ1v) is 7.86. The molecule has 0 spiro atoms. The lowest BCUT2D eigenvalue weighted by molar-refractivity contribution is -0.137. The summed E-state index contributed by atoms with van der Waals surface area (Å²) in [5, 5.41) is 4.05. The van der Waals surface area contributed by atoms with Gasteiger partial charge in [0, 0.05) is 23.5 Å². The van der Waals surface area contributed by atoms with E-state index in [0.29, 0.717) is 5.56 Å². The zero-order chi connectivity index (χ0) is 20.5. The van der Waals surface area contributed by atoms with E-state index < -0.39 is 23.5 Å². The Kier molecular flexibility index (Phi) is 4.95. The molecule has 0 aliphatic heterocycles. The molecule has 2 heterocycles. The van der Waals surface area contributed by atoms with Crippen LogP contribution in [-0.4, -0.2) is 25.7 Å². The number of alkyl halides is 3. The molecule has 0 unspecified atom stereocenters. The molecule has 10 heteroatoms. The van der Waals surface area contributed by atoms with E-state index in [-0.39, 0.29) is 22.5 Å². The molecule has 0 aliphatic carbocycles. The topological polar surface area (TPSA) is 86.7 Å². The number of primary amides is 1. The van der Waals surface area contributed by atoms with Gasteiger partial charge >= 0.3 is 6.18 Å². The molecule has 0 radical (unpaired) electrons. The van der Waals surface area contributed by atoms with Gasteiger partial charge < -0.3 is 5.73 Å². The van der Waals surface area contributed by atoms with Gasteiger partial charge in [0.25, 0.3) is 5.91 Å². The molecule has 3 aromatic rings. The molecular formula is C18H13F4N5O. The molecule has 0 saturated heterocycles. The van der Waals surface area contributed by atoms with E-state index in [9.17, 15) is 22.4 Å². The number of nitrogens with two attached hydrogens (primary N) is 1. The summed E-state index contributed by atoms with van der Waals surface area (Å²) in [6, 6.07) is 4.52. The number of hydrogen-bond acceptors (Lipinski definition) is 4. The van der Waals surface area contributed by atoms with Crippen LogP contribution in [0.5, 0.6) is 0 Å². The van der Waals surface area contributed by atoms with Crippen LogP contribution in [0.25, 0.3) is 23.2 Å². The second kappa shape index (κ2) is 7.22. The van der Waals surface area contributed by atoms with Crippen LogP contribution in [0.1, 0.15) is 16.7 Å². The number of benzene rings is 1. The summed E-state index contributed by atoms with van der Waals surface area (Å²) in [5.41, 5.74) is 5.09. The molecule has 0 fully saturated rings. The molecule has 28 heavy (non-hydrogen) atoms. The summed E-state index contributed by atoms with van der Waals surface area (Å²) in [6.07, 6.45) is 0.0858. The van der Waals surface area contributed by atoms with E-state index in [4.69, 9.17) is 5.73 Å². The number of hydrogen-bond donors (Lipinski definition) is 1. The van der Waals surface area contributed by atoms with Crippen molar-refractivity contribution in [3.8, 4) is 11.4 Å². The predicted octanol–water partition coefficient (Wildman–Crippen LogP) is 3.29. The minimum Gasteiger partial charge on any atom is -0.366 e. The lowest BCUT2D eigenvalue weighted by atomic mass is 10.1. The van der Waals surface area contributed by atoms with Crippen molar-refractivity contribution in [2.24, 2.45) is 5.73 Å². The van der Waals surface area contributed by atoms with Gasteiger partial charge in [0.05, 0.1) is 17.3 Å². The number of amides is 1. The van der Waals surface area contributed by atoms with Crippen LogP contribution < -0.4 is 5.73 Å².